The van der Waals surface area contributed by atoms with Gasteiger partial charge in [0.2, 0.25) is 0 Å². The van der Waals surface area contributed by atoms with Gasteiger partial charge in [-0.05, 0) is 19.3 Å². The highest BCUT2D eigenvalue weighted by Crippen LogP contribution is 2.36. The number of ether oxygens (including phenoxy) is 2. The smallest absolute Gasteiger partial charge is 0.351 e. The Bertz CT molecular complexity index is 758. The highest BCUT2D eigenvalue weighted by Gasteiger charge is 2.44. The zero-order valence-electron chi connectivity index (χ0n) is 16.2. The molecule has 3 rings (SSSR count). The molecule has 0 spiro atoms. The first kappa shape index (κ1) is 21.7. The molecular formula is C18H27N3O8. The molecule has 2 fully saturated rings. The van der Waals surface area contributed by atoms with E-state index in [1.807, 2.05) is 6.92 Å². The monoisotopic (exact) mass is 413 g/mol. The maximum absolute atomic E-state index is 12.6. The quantitative estimate of drug-likeness (QED) is 0.423. The van der Waals surface area contributed by atoms with Crippen molar-refractivity contribution in [2.24, 2.45) is 5.41 Å². The number of hydrogen-bond donors (Lipinski definition) is 4. The topological polar surface area (TPSA) is 152 Å². The van der Waals surface area contributed by atoms with E-state index >= 15 is 0 Å². The number of aromatic nitrogens is 2. The van der Waals surface area contributed by atoms with Gasteiger partial charge in [0, 0.05) is 25.5 Å². The fourth-order valence-electron chi connectivity index (χ4n) is 3.78. The summed E-state index contributed by atoms with van der Waals surface area (Å²) >= 11 is 0. The number of rotatable bonds is 7. The van der Waals surface area contributed by atoms with Crippen LogP contribution in [0.1, 0.15) is 38.8 Å². The highest BCUT2D eigenvalue weighted by atomic mass is 16.7. The Hall–Kier alpha value is -2.05. The summed E-state index contributed by atoms with van der Waals surface area (Å²) in [6, 6.07) is 1.37. The van der Waals surface area contributed by atoms with Crippen molar-refractivity contribution in [3.63, 3.8) is 0 Å². The van der Waals surface area contributed by atoms with Crippen LogP contribution in [0.4, 0.5) is 5.82 Å². The lowest BCUT2D eigenvalue weighted by atomic mass is 9.76. The van der Waals surface area contributed by atoms with Gasteiger partial charge in [0.15, 0.2) is 12.0 Å². The minimum absolute atomic E-state index is 0.0186. The van der Waals surface area contributed by atoms with Crippen LogP contribution in [0, 0.1) is 5.41 Å². The van der Waals surface area contributed by atoms with Crippen molar-refractivity contribution < 1.29 is 34.4 Å². The van der Waals surface area contributed by atoms with E-state index in [1.54, 1.807) is 0 Å². The fourth-order valence-corrected chi connectivity index (χ4v) is 3.78. The molecule has 162 valence electrons. The third-order valence-electron chi connectivity index (χ3n) is 5.48. The summed E-state index contributed by atoms with van der Waals surface area (Å²) in [6.07, 6.45) is -0.977. The van der Waals surface area contributed by atoms with E-state index in [9.17, 15) is 19.8 Å². The van der Waals surface area contributed by atoms with Crippen molar-refractivity contribution in [2.45, 2.75) is 57.1 Å². The summed E-state index contributed by atoms with van der Waals surface area (Å²) < 4.78 is 11.7. The fraction of sp³-hybridized carbons (Fsp3) is 0.722. The van der Waals surface area contributed by atoms with Crippen molar-refractivity contribution in [3.05, 3.63) is 22.7 Å². The Balaban J connectivity index is 1.66. The van der Waals surface area contributed by atoms with Gasteiger partial charge in [-0.1, -0.05) is 13.3 Å². The summed E-state index contributed by atoms with van der Waals surface area (Å²) in [6.45, 7) is 2.48. The van der Waals surface area contributed by atoms with Gasteiger partial charge in [0.05, 0.1) is 12.0 Å². The molecule has 2 saturated heterocycles. The highest BCUT2D eigenvalue weighted by molar-refractivity contribution is 5.77. The molecule has 1 aromatic heterocycles. The lowest BCUT2D eigenvalue weighted by molar-refractivity contribution is -0.159. The predicted octanol–water partition coefficient (Wildman–Crippen LogP) is -0.678. The van der Waals surface area contributed by atoms with Crippen molar-refractivity contribution >= 4 is 11.8 Å². The average Bonchev–Trinajstić information content (AvgIpc) is 3.01. The second-order valence-corrected chi connectivity index (χ2v) is 7.37. The second-order valence-electron chi connectivity index (χ2n) is 7.37. The Kier molecular flexibility index (Phi) is 6.85. The molecule has 0 saturated carbocycles. The van der Waals surface area contributed by atoms with Gasteiger partial charge in [-0.25, -0.2) is 15.1 Å². The van der Waals surface area contributed by atoms with Gasteiger partial charge in [-0.15, -0.1) is 0 Å². The second kappa shape index (κ2) is 9.18. The SMILES string of the molecule is CCCC1(C(=O)ONc2ccn([C@@H]3O[C@H](CO)[C@@H](O)[C@H]3O)c(=O)n2)CCOCC1. The number of nitrogens with zero attached hydrogens (tertiary/aromatic N) is 2. The standard InChI is InChI=1S/C18H27N3O8/c1-2-4-18(5-8-27-9-6-18)16(25)29-20-12-3-7-21(17(26)19-12)15-14(24)13(23)11(10-22)28-15/h3,7,11,13-15,22-24H,2,4-6,8-10H2,1H3,(H,19,20,26)/t11-,13-,14-,15-/m1/s1. The molecule has 1 aromatic rings. The zero-order valence-corrected chi connectivity index (χ0v) is 16.2. The molecule has 2 aliphatic rings. The molecule has 4 N–H and O–H groups in total. The average molecular weight is 413 g/mol. The van der Waals surface area contributed by atoms with Crippen LogP contribution < -0.4 is 11.2 Å². The van der Waals surface area contributed by atoms with Crippen molar-refractivity contribution in [1.82, 2.24) is 9.55 Å². The molecule has 0 aliphatic carbocycles. The van der Waals surface area contributed by atoms with Crippen LogP contribution in [0.25, 0.3) is 0 Å². The summed E-state index contributed by atoms with van der Waals surface area (Å²) in [4.78, 5) is 33.9. The van der Waals surface area contributed by atoms with Gasteiger partial charge in [0.1, 0.15) is 18.3 Å². The van der Waals surface area contributed by atoms with Gasteiger partial charge < -0.3 is 29.6 Å². The van der Waals surface area contributed by atoms with Gasteiger partial charge in [-0.2, -0.15) is 4.98 Å². The van der Waals surface area contributed by atoms with Crippen LogP contribution >= 0.6 is 0 Å². The maximum Gasteiger partial charge on any atom is 0.351 e. The van der Waals surface area contributed by atoms with E-state index in [4.69, 9.17) is 19.4 Å². The number of nitrogens with one attached hydrogen (secondary N) is 1. The predicted molar refractivity (Wildman–Crippen MR) is 98.6 cm³/mol. The number of anilines is 1. The van der Waals surface area contributed by atoms with Crippen LogP contribution in [0.5, 0.6) is 0 Å². The van der Waals surface area contributed by atoms with Gasteiger partial charge in [-0.3, -0.25) is 4.57 Å². The first-order valence-electron chi connectivity index (χ1n) is 9.68. The molecule has 0 amide bonds. The molecule has 29 heavy (non-hydrogen) atoms. The van der Waals surface area contributed by atoms with E-state index in [-0.39, 0.29) is 5.82 Å². The van der Waals surface area contributed by atoms with Crippen LogP contribution in [0.15, 0.2) is 17.1 Å². The Morgan fingerprint density at radius 2 is 2.10 bits per heavy atom. The summed E-state index contributed by atoms with van der Waals surface area (Å²) in [5.74, 6) is -0.401. The number of carbonyl (C=O) groups excluding carboxylic acids is 1. The molecule has 0 unspecified atom stereocenters. The van der Waals surface area contributed by atoms with Crippen LogP contribution in [0.2, 0.25) is 0 Å². The summed E-state index contributed by atoms with van der Waals surface area (Å²) in [5, 5.41) is 29.0. The number of aliphatic hydroxyl groups is 3. The van der Waals surface area contributed by atoms with E-state index in [0.29, 0.717) is 32.5 Å². The van der Waals surface area contributed by atoms with Gasteiger partial charge in [0.25, 0.3) is 0 Å². The molecule has 2 aliphatic heterocycles. The lowest BCUT2D eigenvalue weighted by Gasteiger charge is -2.34. The first-order valence-corrected chi connectivity index (χ1v) is 9.68. The maximum atomic E-state index is 12.6. The number of carbonyl (C=O) groups is 1. The third-order valence-corrected chi connectivity index (χ3v) is 5.48. The molecule has 0 radical (unpaired) electrons. The van der Waals surface area contributed by atoms with Crippen LogP contribution in [0.3, 0.4) is 0 Å². The molecule has 0 bridgehead atoms. The molecular weight excluding hydrogens is 386 g/mol. The van der Waals surface area contributed by atoms with Crippen molar-refractivity contribution in [3.8, 4) is 0 Å². The van der Waals surface area contributed by atoms with Crippen LogP contribution in [-0.2, 0) is 19.1 Å². The third kappa shape index (κ3) is 4.43. The Morgan fingerprint density at radius 1 is 1.38 bits per heavy atom. The Labute approximate surface area is 167 Å². The minimum atomic E-state index is -1.40. The van der Waals surface area contributed by atoms with E-state index in [2.05, 4.69) is 10.5 Å². The molecule has 0 aromatic carbocycles. The normalized spacial score (nSPS) is 28.8. The number of aliphatic hydroxyl groups excluding tert-OH is 3. The number of hydrogen-bond acceptors (Lipinski definition) is 10. The summed E-state index contributed by atoms with van der Waals surface area (Å²) in [5.41, 5.74) is 1.01. The molecule has 11 heteroatoms. The van der Waals surface area contributed by atoms with E-state index in [0.717, 1.165) is 11.0 Å². The lowest BCUT2D eigenvalue weighted by Crippen LogP contribution is -2.39. The molecule has 3 heterocycles. The van der Waals surface area contributed by atoms with Gasteiger partial charge >= 0.3 is 11.7 Å². The first-order chi connectivity index (χ1) is 13.9. The van der Waals surface area contributed by atoms with Crippen LogP contribution in [-0.4, -0.2) is 69.0 Å². The van der Waals surface area contributed by atoms with Crippen molar-refractivity contribution in [1.29, 1.82) is 0 Å². The molecule has 4 atom stereocenters. The zero-order chi connectivity index (χ0) is 21.0. The van der Waals surface area contributed by atoms with E-state index in [1.165, 1.54) is 12.3 Å². The Morgan fingerprint density at radius 3 is 2.69 bits per heavy atom. The van der Waals surface area contributed by atoms with Crippen molar-refractivity contribution in [2.75, 3.05) is 25.3 Å². The summed E-state index contributed by atoms with van der Waals surface area (Å²) in [7, 11) is 0. The van der Waals surface area contributed by atoms with E-state index < -0.39 is 48.2 Å². The molecule has 11 nitrogen and oxygen atoms in total. The largest absolute Gasteiger partial charge is 0.394 e. The minimum Gasteiger partial charge on any atom is -0.394 e.